The van der Waals surface area contributed by atoms with Gasteiger partial charge >= 0.3 is 0 Å². The van der Waals surface area contributed by atoms with E-state index < -0.39 is 0 Å². The maximum Gasteiger partial charge on any atom is 0.245 e. The Kier molecular flexibility index (Phi) is 5.32. The van der Waals surface area contributed by atoms with Crippen molar-refractivity contribution < 1.29 is 9.53 Å². The van der Waals surface area contributed by atoms with Crippen molar-refractivity contribution in [2.45, 2.75) is 26.0 Å². The molecule has 2 heterocycles. The van der Waals surface area contributed by atoms with Crippen molar-refractivity contribution in [2.24, 2.45) is 0 Å². The van der Waals surface area contributed by atoms with Gasteiger partial charge in [-0.2, -0.15) is 0 Å². The number of nitrogens with one attached hydrogen (secondary N) is 2. The molecule has 96 valence electrons. The number of carbonyl (C=O) groups excluding carboxylic acids is 1. The molecular formula is C10H16ClN3O2S. The number of thiazole rings is 1. The second-order valence-electron chi connectivity index (χ2n) is 3.79. The standard InChI is InChI=1S/C10H15N3O2S.ClH/c1-6-5-16-10(12-6)13-9(14)8-7(2)15-4-3-11-8;/h5,7-8,11H,3-4H2,1-2H3,(H,12,13,14);1H/t7-,8+;/m1./s1. The lowest BCUT2D eigenvalue weighted by atomic mass is 10.1. The number of rotatable bonds is 2. The molecule has 2 atom stereocenters. The third kappa shape index (κ3) is 3.64. The predicted molar refractivity (Wildman–Crippen MR) is 69.9 cm³/mol. The average molecular weight is 278 g/mol. The van der Waals surface area contributed by atoms with E-state index in [4.69, 9.17) is 4.74 Å². The Morgan fingerprint density at radius 3 is 3.06 bits per heavy atom. The summed E-state index contributed by atoms with van der Waals surface area (Å²) in [5.74, 6) is -0.0819. The lowest BCUT2D eigenvalue weighted by molar-refractivity contribution is -0.123. The number of nitrogens with zero attached hydrogens (tertiary/aromatic N) is 1. The summed E-state index contributed by atoms with van der Waals surface area (Å²) in [6.07, 6.45) is -0.102. The number of hydrogen-bond donors (Lipinski definition) is 2. The number of aromatic nitrogens is 1. The molecular weight excluding hydrogens is 262 g/mol. The number of morpholine rings is 1. The number of halogens is 1. The summed E-state index contributed by atoms with van der Waals surface area (Å²) < 4.78 is 5.41. The van der Waals surface area contributed by atoms with Crippen LogP contribution in [0.3, 0.4) is 0 Å². The molecule has 1 aliphatic rings. The van der Waals surface area contributed by atoms with Crippen molar-refractivity contribution in [3.05, 3.63) is 11.1 Å². The van der Waals surface area contributed by atoms with Gasteiger partial charge in [-0.25, -0.2) is 4.98 Å². The first-order valence-corrected chi connectivity index (χ1v) is 6.13. The topological polar surface area (TPSA) is 63.2 Å². The number of carbonyl (C=O) groups is 1. The van der Waals surface area contributed by atoms with Gasteiger partial charge in [0.05, 0.1) is 18.4 Å². The van der Waals surface area contributed by atoms with Gasteiger partial charge in [-0.1, -0.05) is 0 Å². The van der Waals surface area contributed by atoms with Crippen LogP contribution in [0.1, 0.15) is 12.6 Å². The van der Waals surface area contributed by atoms with E-state index in [1.54, 1.807) is 0 Å². The molecule has 0 aromatic carbocycles. The minimum Gasteiger partial charge on any atom is -0.375 e. The molecule has 17 heavy (non-hydrogen) atoms. The van der Waals surface area contributed by atoms with Gasteiger partial charge < -0.3 is 15.4 Å². The normalized spacial score (nSPS) is 23.9. The monoisotopic (exact) mass is 277 g/mol. The summed E-state index contributed by atoms with van der Waals surface area (Å²) in [5, 5.41) is 8.47. The number of amides is 1. The Morgan fingerprint density at radius 2 is 2.47 bits per heavy atom. The molecule has 1 aliphatic heterocycles. The second-order valence-corrected chi connectivity index (χ2v) is 4.65. The van der Waals surface area contributed by atoms with Gasteiger partial charge in [0.1, 0.15) is 6.04 Å². The van der Waals surface area contributed by atoms with E-state index in [0.717, 1.165) is 5.69 Å². The first-order chi connectivity index (χ1) is 7.66. The van der Waals surface area contributed by atoms with Crippen LogP contribution >= 0.6 is 23.7 Å². The van der Waals surface area contributed by atoms with Crippen molar-refractivity contribution in [1.29, 1.82) is 0 Å². The van der Waals surface area contributed by atoms with Crippen LogP contribution in [0.5, 0.6) is 0 Å². The third-order valence-corrected chi connectivity index (χ3v) is 3.32. The average Bonchev–Trinajstić information content (AvgIpc) is 2.64. The molecule has 0 spiro atoms. The summed E-state index contributed by atoms with van der Waals surface area (Å²) in [6.45, 7) is 5.15. The minimum atomic E-state index is -0.294. The lowest BCUT2D eigenvalue weighted by Gasteiger charge is -2.28. The van der Waals surface area contributed by atoms with Gasteiger partial charge in [-0.3, -0.25) is 4.79 Å². The molecule has 1 aromatic heterocycles. The predicted octanol–water partition coefficient (Wildman–Crippen LogP) is 1.19. The van der Waals surface area contributed by atoms with Gasteiger partial charge in [0.15, 0.2) is 5.13 Å². The summed E-state index contributed by atoms with van der Waals surface area (Å²) in [4.78, 5) is 16.1. The Hall–Kier alpha value is -0.690. The fourth-order valence-electron chi connectivity index (χ4n) is 1.62. The SMILES string of the molecule is Cc1csc(NC(=O)[C@H]2NCCO[C@@H]2C)n1.Cl. The lowest BCUT2D eigenvalue weighted by Crippen LogP contribution is -2.53. The number of ether oxygens (including phenoxy) is 1. The zero-order valence-electron chi connectivity index (χ0n) is 9.73. The van der Waals surface area contributed by atoms with Crippen molar-refractivity contribution in [2.75, 3.05) is 18.5 Å². The van der Waals surface area contributed by atoms with Crippen LogP contribution in [0, 0.1) is 6.92 Å². The summed E-state index contributed by atoms with van der Waals surface area (Å²) in [7, 11) is 0. The largest absolute Gasteiger partial charge is 0.375 e. The summed E-state index contributed by atoms with van der Waals surface area (Å²) in [6, 6.07) is -0.294. The zero-order chi connectivity index (χ0) is 11.5. The fraction of sp³-hybridized carbons (Fsp3) is 0.600. The molecule has 1 amide bonds. The second kappa shape index (κ2) is 6.30. The van der Waals surface area contributed by atoms with E-state index in [-0.39, 0.29) is 30.5 Å². The maximum absolute atomic E-state index is 11.9. The molecule has 0 aliphatic carbocycles. The molecule has 0 unspecified atom stereocenters. The highest BCUT2D eigenvalue weighted by Gasteiger charge is 2.28. The summed E-state index contributed by atoms with van der Waals surface area (Å²) >= 11 is 1.43. The highest BCUT2D eigenvalue weighted by atomic mass is 35.5. The third-order valence-electron chi connectivity index (χ3n) is 2.45. The fourth-order valence-corrected chi connectivity index (χ4v) is 2.31. The minimum absolute atomic E-state index is 0. The van der Waals surface area contributed by atoms with Crippen LogP contribution in [-0.2, 0) is 9.53 Å². The van der Waals surface area contributed by atoms with Crippen LogP contribution < -0.4 is 10.6 Å². The van der Waals surface area contributed by atoms with Gasteiger partial charge in [-0.05, 0) is 13.8 Å². The molecule has 0 bridgehead atoms. The van der Waals surface area contributed by atoms with E-state index >= 15 is 0 Å². The van der Waals surface area contributed by atoms with Crippen molar-refractivity contribution in [3.63, 3.8) is 0 Å². The van der Waals surface area contributed by atoms with E-state index in [9.17, 15) is 4.79 Å². The van der Waals surface area contributed by atoms with Gasteiger partial charge in [0.2, 0.25) is 5.91 Å². The van der Waals surface area contributed by atoms with Gasteiger partial charge in [0, 0.05) is 11.9 Å². The van der Waals surface area contributed by atoms with Crippen LogP contribution in [-0.4, -0.2) is 36.2 Å². The van der Waals surface area contributed by atoms with Gasteiger partial charge in [0.25, 0.3) is 0 Å². The molecule has 0 saturated carbocycles. The highest BCUT2D eigenvalue weighted by Crippen LogP contribution is 2.15. The number of anilines is 1. The van der Waals surface area contributed by atoms with E-state index in [0.29, 0.717) is 18.3 Å². The van der Waals surface area contributed by atoms with Crippen LogP contribution in [0.2, 0.25) is 0 Å². The Morgan fingerprint density at radius 1 is 1.71 bits per heavy atom. The molecule has 5 nitrogen and oxygen atoms in total. The molecule has 1 saturated heterocycles. The zero-order valence-corrected chi connectivity index (χ0v) is 11.4. The van der Waals surface area contributed by atoms with Crippen molar-refractivity contribution in [3.8, 4) is 0 Å². The highest BCUT2D eigenvalue weighted by molar-refractivity contribution is 7.13. The Labute approximate surface area is 110 Å². The van der Waals surface area contributed by atoms with Crippen LogP contribution in [0.15, 0.2) is 5.38 Å². The van der Waals surface area contributed by atoms with Crippen molar-refractivity contribution >= 4 is 34.8 Å². The molecule has 2 N–H and O–H groups in total. The van der Waals surface area contributed by atoms with Crippen LogP contribution in [0.4, 0.5) is 5.13 Å². The summed E-state index contributed by atoms with van der Waals surface area (Å²) in [5.41, 5.74) is 0.918. The maximum atomic E-state index is 11.9. The number of hydrogen-bond acceptors (Lipinski definition) is 5. The van der Waals surface area contributed by atoms with Crippen molar-refractivity contribution in [1.82, 2.24) is 10.3 Å². The number of aryl methyl sites for hydroxylation is 1. The van der Waals surface area contributed by atoms with Crippen LogP contribution in [0.25, 0.3) is 0 Å². The molecule has 1 aromatic rings. The van der Waals surface area contributed by atoms with E-state index in [2.05, 4.69) is 15.6 Å². The molecule has 7 heteroatoms. The van der Waals surface area contributed by atoms with Gasteiger partial charge in [-0.15, -0.1) is 23.7 Å². The molecule has 2 rings (SSSR count). The Balaban J connectivity index is 0.00000144. The Bertz CT molecular complexity index is 385. The molecule has 0 radical (unpaired) electrons. The molecule has 1 fully saturated rings. The first-order valence-electron chi connectivity index (χ1n) is 5.25. The first kappa shape index (κ1) is 14.4. The quantitative estimate of drug-likeness (QED) is 0.852. The van der Waals surface area contributed by atoms with E-state index in [1.165, 1.54) is 11.3 Å². The van der Waals surface area contributed by atoms with E-state index in [1.807, 2.05) is 19.2 Å². The smallest absolute Gasteiger partial charge is 0.245 e.